The lowest BCUT2D eigenvalue weighted by Crippen LogP contribution is -2.39. The van der Waals surface area contributed by atoms with Gasteiger partial charge in [0.15, 0.2) is 0 Å². The van der Waals surface area contributed by atoms with Gasteiger partial charge in [-0.15, -0.1) is 0 Å². The maximum atomic E-state index is 11.9. The molecule has 1 aromatic rings. The zero-order valence-electron chi connectivity index (χ0n) is 11.7. The van der Waals surface area contributed by atoms with Crippen LogP contribution in [0.15, 0.2) is 30.3 Å². The first-order valence-corrected chi connectivity index (χ1v) is 8.04. The molecule has 3 unspecified atom stereocenters. The second-order valence-electron chi connectivity index (χ2n) is 4.63. The van der Waals surface area contributed by atoms with Gasteiger partial charge in [0.05, 0.1) is 6.04 Å². The highest BCUT2D eigenvalue weighted by molar-refractivity contribution is 7.84. The zero-order chi connectivity index (χ0) is 14.3. The summed E-state index contributed by atoms with van der Waals surface area (Å²) in [6.45, 7) is 4.46. The lowest BCUT2D eigenvalue weighted by atomic mass is 10.2. The number of hydrogen-bond donors (Lipinski definition) is 2. The molecule has 1 aromatic carbocycles. The van der Waals surface area contributed by atoms with E-state index in [0.717, 1.165) is 12.1 Å². The lowest BCUT2D eigenvalue weighted by molar-refractivity contribution is -0.117. The van der Waals surface area contributed by atoms with E-state index in [1.165, 1.54) is 0 Å². The Morgan fingerprint density at radius 3 is 2.47 bits per heavy atom. The predicted octanol–water partition coefficient (Wildman–Crippen LogP) is 1.76. The Balaban J connectivity index is 2.31. The molecule has 0 bridgehead atoms. The molecule has 19 heavy (non-hydrogen) atoms. The lowest BCUT2D eigenvalue weighted by Gasteiger charge is -2.15. The average Bonchev–Trinajstić information content (AvgIpc) is 2.39. The zero-order valence-corrected chi connectivity index (χ0v) is 12.5. The Hall–Kier alpha value is -1.20. The molecule has 4 nitrogen and oxygen atoms in total. The molecule has 0 fully saturated rings. The quantitative estimate of drug-likeness (QED) is 0.801. The van der Waals surface area contributed by atoms with Gasteiger partial charge in [-0.2, -0.15) is 0 Å². The molecule has 3 atom stereocenters. The first-order chi connectivity index (χ1) is 9.00. The van der Waals surface area contributed by atoms with E-state index in [2.05, 4.69) is 10.6 Å². The number of rotatable bonds is 7. The average molecular weight is 282 g/mol. The van der Waals surface area contributed by atoms with Crippen molar-refractivity contribution in [1.82, 2.24) is 5.32 Å². The van der Waals surface area contributed by atoms with Gasteiger partial charge in [0.1, 0.15) is 0 Å². The van der Waals surface area contributed by atoms with Crippen molar-refractivity contribution in [2.24, 2.45) is 0 Å². The molecule has 1 amide bonds. The summed E-state index contributed by atoms with van der Waals surface area (Å²) >= 11 is 0. The van der Waals surface area contributed by atoms with Crippen molar-refractivity contribution in [2.45, 2.75) is 31.6 Å². The highest BCUT2D eigenvalue weighted by atomic mass is 32.2. The van der Waals surface area contributed by atoms with Gasteiger partial charge in [-0.1, -0.05) is 25.1 Å². The Kier molecular flexibility index (Phi) is 6.73. The van der Waals surface area contributed by atoms with E-state index in [4.69, 9.17) is 0 Å². The van der Waals surface area contributed by atoms with E-state index < -0.39 is 10.8 Å². The van der Waals surface area contributed by atoms with Crippen molar-refractivity contribution in [1.29, 1.82) is 0 Å². The first-order valence-electron chi connectivity index (χ1n) is 6.42. The van der Waals surface area contributed by atoms with Crippen LogP contribution in [0.4, 0.5) is 5.69 Å². The van der Waals surface area contributed by atoms with E-state index in [0.29, 0.717) is 6.54 Å². The minimum absolute atomic E-state index is 0.0588. The van der Waals surface area contributed by atoms with Crippen LogP contribution in [0.2, 0.25) is 0 Å². The third kappa shape index (κ3) is 5.98. The van der Waals surface area contributed by atoms with Crippen LogP contribution >= 0.6 is 0 Å². The molecule has 0 heterocycles. The van der Waals surface area contributed by atoms with Gasteiger partial charge in [0, 0.05) is 28.0 Å². The van der Waals surface area contributed by atoms with Crippen LogP contribution in [-0.2, 0) is 15.6 Å². The van der Waals surface area contributed by atoms with Crippen LogP contribution in [0.5, 0.6) is 0 Å². The molecule has 0 saturated heterocycles. The molecule has 0 aliphatic heterocycles. The van der Waals surface area contributed by atoms with Gasteiger partial charge in [-0.3, -0.25) is 9.00 Å². The summed E-state index contributed by atoms with van der Waals surface area (Å²) in [7, 11) is -0.808. The smallest absolute Gasteiger partial charge is 0.241 e. The molecule has 0 aliphatic carbocycles. The predicted molar refractivity (Wildman–Crippen MR) is 80.7 cm³/mol. The Morgan fingerprint density at radius 2 is 1.89 bits per heavy atom. The summed E-state index contributed by atoms with van der Waals surface area (Å²) in [6, 6.07) is 9.11. The van der Waals surface area contributed by atoms with E-state index in [9.17, 15) is 9.00 Å². The Bertz CT molecular complexity index is 423. The molecule has 0 radical (unpaired) electrons. The number of carbonyl (C=O) groups is 1. The highest BCUT2D eigenvalue weighted by Crippen LogP contribution is 2.05. The second kappa shape index (κ2) is 8.07. The number of nitrogens with one attached hydrogen (secondary N) is 2. The number of anilines is 1. The molecule has 106 valence electrons. The van der Waals surface area contributed by atoms with Crippen LogP contribution in [0, 0.1) is 0 Å². The van der Waals surface area contributed by atoms with Crippen molar-refractivity contribution in [3.8, 4) is 0 Å². The summed E-state index contributed by atoms with van der Waals surface area (Å²) in [4.78, 5) is 11.9. The van der Waals surface area contributed by atoms with Crippen LogP contribution in [0.25, 0.3) is 0 Å². The molecule has 0 saturated carbocycles. The summed E-state index contributed by atoms with van der Waals surface area (Å²) in [5.74, 6) is -0.0588. The van der Waals surface area contributed by atoms with Crippen molar-refractivity contribution in [3.05, 3.63) is 30.3 Å². The van der Waals surface area contributed by atoms with Crippen molar-refractivity contribution < 1.29 is 9.00 Å². The number of para-hydroxylation sites is 1. The molecule has 1 rings (SSSR count). The minimum atomic E-state index is -0.808. The van der Waals surface area contributed by atoms with Crippen LogP contribution in [0.3, 0.4) is 0 Å². The van der Waals surface area contributed by atoms with Gasteiger partial charge < -0.3 is 10.6 Å². The third-order valence-corrected chi connectivity index (χ3v) is 4.37. The van der Waals surface area contributed by atoms with Crippen LogP contribution in [0.1, 0.15) is 20.3 Å². The van der Waals surface area contributed by atoms with Crippen molar-refractivity contribution in [3.63, 3.8) is 0 Å². The molecular formula is C14H22N2O2S. The minimum Gasteiger partial charge on any atom is -0.325 e. The highest BCUT2D eigenvalue weighted by Gasteiger charge is 2.13. The number of benzene rings is 1. The van der Waals surface area contributed by atoms with Crippen molar-refractivity contribution >= 4 is 22.4 Å². The van der Waals surface area contributed by atoms with Gasteiger partial charge in [0.2, 0.25) is 5.91 Å². The van der Waals surface area contributed by atoms with Crippen molar-refractivity contribution in [2.75, 3.05) is 18.1 Å². The Morgan fingerprint density at radius 1 is 1.26 bits per heavy atom. The summed E-state index contributed by atoms with van der Waals surface area (Å²) in [6.07, 6.45) is 2.50. The normalized spacial score (nSPS) is 15.5. The molecule has 2 N–H and O–H groups in total. The Labute approximate surface area is 117 Å². The van der Waals surface area contributed by atoms with Crippen LogP contribution in [-0.4, -0.2) is 34.2 Å². The first kappa shape index (κ1) is 15.9. The standard InChI is InChI=1S/C14H22N2O2S/c1-11(19(3)18)9-10-15-12(2)14(17)16-13-7-5-4-6-8-13/h4-8,11-12,15H,9-10H2,1-3H3,(H,16,17). The van der Waals surface area contributed by atoms with Crippen LogP contribution < -0.4 is 10.6 Å². The van der Waals surface area contributed by atoms with E-state index in [1.54, 1.807) is 6.26 Å². The molecular weight excluding hydrogens is 260 g/mol. The number of amides is 1. The van der Waals surface area contributed by atoms with Gasteiger partial charge >= 0.3 is 0 Å². The fourth-order valence-corrected chi connectivity index (χ4v) is 1.98. The van der Waals surface area contributed by atoms with E-state index in [-0.39, 0.29) is 17.2 Å². The van der Waals surface area contributed by atoms with E-state index in [1.807, 2.05) is 44.2 Å². The monoisotopic (exact) mass is 282 g/mol. The van der Waals surface area contributed by atoms with Gasteiger partial charge in [-0.25, -0.2) is 0 Å². The fraction of sp³-hybridized carbons (Fsp3) is 0.500. The van der Waals surface area contributed by atoms with Gasteiger partial charge in [0.25, 0.3) is 0 Å². The van der Waals surface area contributed by atoms with Gasteiger partial charge in [-0.05, 0) is 32.0 Å². The molecule has 0 spiro atoms. The maximum Gasteiger partial charge on any atom is 0.241 e. The summed E-state index contributed by atoms with van der Waals surface area (Å²) in [5.41, 5.74) is 0.796. The molecule has 5 heteroatoms. The fourth-order valence-electron chi connectivity index (χ4n) is 1.53. The molecule has 0 aliphatic rings. The summed E-state index contributed by atoms with van der Waals surface area (Å²) < 4.78 is 11.2. The third-order valence-electron chi connectivity index (χ3n) is 3.00. The largest absolute Gasteiger partial charge is 0.325 e. The number of hydrogen-bond acceptors (Lipinski definition) is 3. The topological polar surface area (TPSA) is 58.2 Å². The summed E-state index contributed by atoms with van der Waals surface area (Å²) in [5, 5.41) is 6.13. The molecule has 0 aromatic heterocycles. The van der Waals surface area contributed by atoms with E-state index >= 15 is 0 Å². The SMILES string of the molecule is CC(NCCC(C)S(C)=O)C(=O)Nc1ccccc1. The number of carbonyl (C=O) groups excluding carboxylic acids is 1. The maximum absolute atomic E-state index is 11.9. The second-order valence-corrected chi connectivity index (χ2v) is 6.43.